The number of anilines is 1. The van der Waals surface area contributed by atoms with Gasteiger partial charge in [0.25, 0.3) is 0 Å². The number of ether oxygens (including phenoxy) is 1. The van der Waals surface area contributed by atoms with Crippen molar-refractivity contribution in [2.75, 3.05) is 24.6 Å². The van der Waals surface area contributed by atoms with Crippen LogP contribution in [0.4, 0.5) is 5.69 Å². The lowest BCUT2D eigenvalue weighted by atomic mass is 10.0. The van der Waals surface area contributed by atoms with E-state index in [0.29, 0.717) is 4.99 Å². The number of thiocarbonyl (C=S) groups is 1. The number of benzene rings is 1. The smallest absolute Gasteiger partial charge is 0.106 e. The summed E-state index contributed by atoms with van der Waals surface area (Å²) < 4.78 is 6.71. The maximum atomic E-state index is 5.81. The van der Waals surface area contributed by atoms with Crippen LogP contribution in [0.2, 0.25) is 0 Å². The molecule has 1 aromatic rings. The maximum Gasteiger partial charge on any atom is 0.106 e. The Morgan fingerprint density at radius 3 is 2.83 bits per heavy atom. The van der Waals surface area contributed by atoms with Crippen molar-refractivity contribution in [3.8, 4) is 0 Å². The Morgan fingerprint density at radius 1 is 1.50 bits per heavy atom. The molecule has 1 saturated heterocycles. The molecule has 0 saturated carbocycles. The van der Waals surface area contributed by atoms with Crippen LogP contribution < -0.4 is 10.6 Å². The van der Waals surface area contributed by atoms with Gasteiger partial charge in [-0.2, -0.15) is 0 Å². The van der Waals surface area contributed by atoms with E-state index in [-0.39, 0.29) is 5.60 Å². The summed E-state index contributed by atoms with van der Waals surface area (Å²) in [5.74, 6) is 0. The van der Waals surface area contributed by atoms with Crippen LogP contribution in [0.5, 0.6) is 0 Å². The average molecular weight is 329 g/mol. The molecule has 3 nitrogen and oxygen atoms in total. The van der Waals surface area contributed by atoms with Crippen molar-refractivity contribution in [1.82, 2.24) is 0 Å². The predicted molar refractivity (Wildman–Crippen MR) is 82.3 cm³/mol. The Hall–Kier alpha value is -0.650. The zero-order chi connectivity index (χ0) is 13.3. The largest absolute Gasteiger partial charge is 0.389 e. The van der Waals surface area contributed by atoms with Crippen LogP contribution in [0.3, 0.4) is 0 Å². The maximum absolute atomic E-state index is 5.81. The highest BCUT2D eigenvalue weighted by molar-refractivity contribution is 9.10. The van der Waals surface area contributed by atoms with Crippen molar-refractivity contribution >= 4 is 38.8 Å². The van der Waals surface area contributed by atoms with Crippen LogP contribution in [0, 0.1) is 0 Å². The molecule has 1 aromatic carbocycles. The first-order chi connectivity index (χ1) is 8.39. The fourth-order valence-corrected chi connectivity index (χ4v) is 2.73. The summed E-state index contributed by atoms with van der Waals surface area (Å²) in [6.45, 7) is 6.61. The van der Waals surface area contributed by atoms with Gasteiger partial charge in [-0.25, -0.2) is 0 Å². The minimum Gasteiger partial charge on any atom is -0.389 e. The van der Waals surface area contributed by atoms with Crippen molar-refractivity contribution < 1.29 is 4.74 Å². The lowest BCUT2D eigenvalue weighted by Gasteiger charge is -2.40. The van der Waals surface area contributed by atoms with Gasteiger partial charge < -0.3 is 15.4 Å². The molecule has 0 unspecified atom stereocenters. The van der Waals surface area contributed by atoms with Gasteiger partial charge in [-0.1, -0.05) is 28.1 Å². The molecule has 2 rings (SSSR count). The van der Waals surface area contributed by atoms with Gasteiger partial charge in [-0.3, -0.25) is 0 Å². The summed E-state index contributed by atoms with van der Waals surface area (Å²) in [4.78, 5) is 2.71. The van der Waals surface area contributed by atoms with Gasteiger partial charge in [0.1, 0.15) is 4.99 Å². The third-order valence-corrected chi connectivity index (χ3v) is 3.70. The second-order valence-electron chi connectivity index (χ2n) is 5.06. The Kier molecular flexibility index (Phi) is 3.94. The van der Waals surface area contributed by atoms with Crippen LogP contribution in [-0.4, -0.2) is 30.3 Å². The number of hydrogen-bond donors (Lipinski definition) is 1. The van der Waals surface area contributed by atoms with Crippen molar-refractivity contribution in [1.29, 1.82) is 0 Å². The monoisotopic (exact) mass is 328 g/mol. The van der Waals surface area contributed by atoms with Crippen molar-refractivity contribution in [2.24, 2.45) is 5.73 Å². The first-order valence-electron chi connectivity index (χ1n) is 5.87. The molecule has 0 radical (unpaired) electrons. The zero-order valence-electron chi connectivity index (χ0n) is 10.6. The molecule has 1 aliphatic rings. The van der Waals surface area contributed by atoms with Crippen LogP contribution >= 0.6 is 28.1 Å². The second-order valence-corrected chi connectivity index (χ2v) is 6.41. The van der Waals surface area contributed by atoms with E-state index in [1.165, 1.54) is 0 Å². The van der Waals surface area contributed by atoms with E-state index in [0.717, 1.165) is 35.4 Å². The minimum absolute atomic E-state index is 0.140. The average Bonchev–Trinajstić information content (AvgIpc) is 2.27. The summed E-state index contributed by atoms with van der Waals surface area (Å²) in [7, 11) is 0. The molecule has 1 fully saturated rings. The Morgan fingerprint density at radius 2 is 2.22 bits per heavy atom. The summed E-state index contributed by atoms with van der Waals surface area (Å²) in [5, 5.41) is 0. The third kappa shape index (κ3) is 3.02. The quantitative estimate of drug-likeness (QED) is 0.847. The fraction of sp³-hybridized carbons (Fsp3) is 0.462. The number of halogens is 1. The molecule has 0 aromatic heterocycles. The lowest BCUT2D eigenvalue weighted by Crippen LogP contribution is -2.48. The van der Waals surface area contributed by atoms with Crippen molar-refractivity contribution in [2.45, 2.75) is 19.4 Å². The predicted octanol–water partition coefficient (Wildman–Crippen LogP) is 2.70. The van der Waals surface area contributed by atoms with E-state index in [1.807, 2.05) is 12.1 Å². The first kappa shape index (κ1) is 13.8. The molecular weight excluding hydrogens is 312 g/mol. The van der Waals surface area contributed by atoms with E-state index in [9.17, 15) is 0 Å². The third-order valence-electron chi connectivity index (χ3n) is 2.99. The highest BCUT2D eigenvalue weighted by Crippen LogP contribution is 2.28. The van der Waals surface area contributed by atoms with Gasteiger partial charge >= 0.3 is 0 Å². The molecule has 2 N–H and O–H groups in total. The van der Waals surface area contributed by atoms with Gasteiger partial charge in [-0.15, -0.1) is 0 Å². The van der Waals surface area contributed by atoms with Crippen LogP contribution in [0.25, 0.3) is 0 Å². The van der Waals surface area contributed by atoms with E-state index >= 15 is 0 Å². The minimum atomic E-state index is -0.140. The summed E-state index contributed by atoms with van der Waals surface area (Å²) >= 11 is 8.59. The van der Waals surface area contributed by atoms with Gasteiger partial charge in [-0.05, 0) is 32.0 Å². The molecular formula is C13H17BrN2OS. The highest BCUT2D eigenvalue weighted by Gasteiger charge is 2.28. The molecule has 0 atom stereocenters. The second kappa shape index (κ2) is 5.15. The Labute approximate surface area is 121 Å². The topological polar surface area (TPSA) is 38.5 Å². The molecule has 18 heavy (non-hydrogen) atoms. The molecule has 98 valence electrons. The Balaban J connectivity index is 2.35. The van der Waals surface area contributed by atoms with Gasteiger partial charge in [0.15, 0.2) is 0 Å². The van der Waals surface area contributed by atoms with E-state index in [4.69, 9.17) is 22.7 Å². The van der Waals surface area contributed by atoms with Crippen LogP contribution in [0.1, 0.15) is 19.4 Å². The highest BCUT2D eigenvalue weighted by atomic mass is 79.9. The van der Waals surface area contributed by atoms with Crippen molar-refractivity contribution in [3.05, 3.63) is 28.2 Å². The van der Waals surface area contributed by atoms with Gasteiger partial charge in [0.05, 0.1) is 12.2 Å². The van der Waals surface area contributed by atoms with Crippen LogP contribution in [0.15, 0.2) is 22.7 Å². The molecule has 0 aliphatic carbocycles. The number of nitrogens with zero attached hydrogens (tertiary/aromatic N) is 1. The molecule has 5 heteroatoms. The van der Waals surface area contributed by atoms with E-state index in [2.05, 4.69) is 40.7 Å². The molecule has 0 bridgehead atoms. The summed E-state index contributed by atoms with van der Waals surface area (Å²) in [5.41, 5.74) is 7.67. The summed E-state index contributed by atoms with van der Waals surface area (Å²) in [6.07, 6.45) is 0. The van der Waals surface area contributed by atoms with Crippen molar-refractivity contribution in [3.63, 3.8) is 0 Å². The Bertz CT molecular complexity index is 476. The van der Waals surface area contributed by atoms with Crippen LogP contribution in [-0.2, 0) is 4.74 Å². The zero-order valence-corrected chi connectivity index (χ0v) is 13.0. The fourth-order valence-electron chi connectivity index (χ4n) is 2.20. The first-order valence-corrected chi connectivity index (χ1v) is 7.07. The summed E-state index contributed by atoms with van der Waals surface area (Å²) in [6, 6.07) is 6.04. The molecule has 0 spiro atoms. The normalized spacial score (nSPS) is 18.7. The standard InChI is InChI=1S/C13H17BrN2OS/c1-13(2)8-16(5-6-17-13)11-4-3-9(14)7-10(11)12(15)18/h3-4,7H,5-6,8H2,1-2H3,(H2,15,18). The molecule has 0 amide bonds. The van der Waals surface area contributed by atoms with E-state index in [1.54, 1.807) is 0 Å². The molecule has 1 heterocycles. The number of hydrogen-bond acceptors (Lipinski definition) is 3. The number of morpholine rings is 1. The lowest BCUT2D eigenvalue weighted by molar-refractivity contribution is -0.0276. The van der Waals surface area contributed by atoms with Gasteiger partial charge in [0.2, 0.25) is 0 Å². The molecule has 1 aliphatic heterocycles. The number of rotatable bonds is 2. The number of nitrogens with two attached hydrogens (primary N) is 1. The van der Waals surface area contributed by atoms with Gasteiger partial charge in [0, 0.05) is 28.8 Å². The SMILES string of the molecule is CC1(C)CN(c2ccc(Br)cc2C(N)=S)CCO1. The van der Waals surface area contributed by atoms with E-state index < -0.39 is 0 Å².